The van der Waals surface area contributed by atoms with Crippen molar-refractivity contribution in [2.24, 2.45) is 0 Å². The lowest BCUT2D eigenvalue weighted by Crippen LogP contribution is -1.93. The van der Waals surface area contributed by atoms with Gasteiger partial charge in [-0.1, -0.05) is 23.2 Å². The fourth-order valence-electron chi connectivity index (χ4n) is 0.563. The van der Waals surface area contributed by atoms with E-state index in [1.54, 1.807) is 0 Å². The number of rotatable bonds is 2. The summed E-state index contributed by atoms with van der Waals surface area (Å²) in [5, 5.41) is -0.522. The van der Waals surface area contributed by atoms with Crippen molar-refractivity contribution in [3.05, 3.63) is 22.2 Å². The van der Waals surface area contributed by atoms with Crippen LogP contribution in [0.2, 0.25) is 10.3 Å². The lowest BCUT2D eigenvalue weighted by Gasteiger charge is -2.00. The maximum absolute atomic E-state index is 12.6. The molecule has 6 heteroatoms. The Morgan fingerprint density at radius 1 is 1.50 bits per heavy atom. The van der Waals surface area contributed by atoms with E-state index in [4.69, 9.17) is 23.2 Å². The quantitative estimate of drug-likeness (QED) is 0.553. The van der Waals surface area contributed by atoms with Gasteiger partial charge in [0.15, 0.2) is 21.9 Å². The first-order valence-corrected chi connectivity index (χ1v) is 3.52. The summed E-state index contributed by atoms with van der Waals surface area (Å²) in [5.74, 6) is -0.952. The number of hydrogen-bond donors (Lipinski definition) is 0. The van der Waals surface area contributed by atoms with E-state index in [9.17, 15) is 9.18 Å². The molecule has 1 aromatic heterocycles. The highest BCUT2D eigenvalue weighted by Gasteiger charge is 2.09. The molecule has 1 aromatic rings. The molecule has 0 aliphatic heterocycles. The Morgan fingerprint density at radius 3 is 2.75 bits per heavy atom. The zero-order valence-electron chi connectivity index (χ0n) is 5.55. The van der Waals surface area contributed by atoms with Gasteiger partial charge >= 0.3 is 0 Å². The minimum Gasteiger partial charge on any atom is -0.425 e. The molecular weight excluding hydrogens is 208 g/mol. The van der Waals surface area contributed by atoms with Gasteiger partial charge in [-0.25, -0.2) is 9.37 Å². The molecule has 0 saturated carbocycles. The number of nitrogens with zero attached hydrogens (tertiary/aromatic N) is 1. The van der Waals surface area contributed by atoms with E-state index >= 15 is 0 Å². The summed E-state index contributed by atoms with van der Waals surface area (Å²) < 4.78 is 16.9. The second kappa shape index (κ2) is 3.69. The van der Waals surface area contributed by atoms with Gasteiger partial charge in [0.2, 0.25) is 0 Å². The fraction of sp³-hybridized carbons (Fsp3) is 0. The number of ether oxygens (including phenoxy) is 1. The van der Waals surface area contributed by atoms with Gasteiger partial charge in [0.25, 0.3) is 6.47 Å². The molecule has 12 heavy (non-hydrogen) atoms. The Bertz CT molecular complexity index is 319. The zero-order valence-corrected chi connectivity index (χ0v) is 7.06. The molecular formula is C6H2Cl2FNO2. The second-order valence-corrected chi connectivity index (χ2v) is 2.48. The van der Waals surface area contributed by atoms with Crippen LogP contribution >= 0.6 is 23.2 Å². The molecule has 0 amide bonds. The van der Waals surface area contributed by atoms with Crippen LogP contribution < -0.4 is 4.74 Å². The Balaban J connectivity index is 3.13. The summed E-state index contributed by atoms with van der Waals surface area (Å²) in [6, 6.07) is 0.881. The van der Waals surface area contributed by atoms with Gasteiger partial charge in [-0.2, -0.15) is 0 Å². The lowest BCUT2D eigenvalue weighted by atomic mass is 10.4. The van der Waals surface area contributed by atoms with Crippen LogP contribution in [0.1, 0.15) is 0 Å². The van der Waals surface area contributed by atoms with E-state index in [1.165, 1.54) is 0 Å². The van der Waals surface area contributed by atoms with E-state index in [-0.39, 0.29) is 22.5 Å². The molecule has 0 spiro atoms. The highest BCUT2D eigenvalue weighted by Crippen LogP contribution is 2.25. The number of hydrogen-bond acceptors (Lipinski definition) is 3. The van der Waals surface area contributed by atoms with Crippen LogP contribution in [0.5, 0.6) is 5.75 Å². The third-order valence-corrected chi connectivity index (χ3v) is 1.57. The molecule has 0 N–H and O–H groups in total. The first-order valence-electron chi connectivity index (χ1n) is 2.77. The molecule has 1 rings (SSSR count). The highest BCUT2D eigenvalue weighted by atomic mass is 35.5. The predicted octanol–water partition coefficient (Wildman–Crippen LogP) is 2.06. The smallest absolute Gasteiger partial charge is 0.298 e. The van der Waals surface area contributed by atoms with Crippen LogP contribution in [0.3, 0.4) is 0 Å². The molecule has 0 bridgehead atoms. The van der Waals surface area contributed by atoms with Gasteiger partial charge in [-0.05, 0) is 0 Å². The van der Waals surface area contributed by atoms with Gasteiger partial charge in [0, 0.05) is 6.07 Å². The topological polar surface area (TPSA) is 39.2 Å². The molecule has 0 unspecified atom stereocenters. The molecule has 0 aliphatic carbocycles. The van der Waals surface area contributed by atoms with Gasteiger partial charge in [0.05, 0.1) is 0 Å². The van der Waals surface area contributed by atoms with Crippen molar-refractivity contribution < 1.29 is 13.9 Å². The van der Waals surface area contributed by atoms with Gasteiger partial charge < -0.3 is 4.74 Å². The summed E-state index contributed by atoms with van der Waals surface area (Å²) in [6.07, 6.45) is 0. The zero-order chi connectivity index (χ0) is 9.14. The summed E-state index contributed by atoms with van der Waals surface area (Å²) in [6.45, 7) is 0.121. The second-order valence-electron chi connectivity index (χ2n) is 1.76. The van der Waals surface area contributed by atoms with Gasteiger partial charge in [-0.3, -0.25) is 4.79 Å². The van der Waals surface area contributed by atoms with Crippen molar-refractivity contribution in [2.75, 3.05) is 0 Å². The largest absolute Gasteiger partial charge is 0.425 e. The van der Waals surface area contributed by atoms with Crippen molar-refractivity contribution in [1.82, 2.24) is 4.98 Å². The van der Waals surface area contributed by atoms with Crippen molar-refractivity contribution in [1.29, 1.82) is 0 Å². The van der Waals surface area contributed by atoms with E-state index < -0.39 is 5.82 Å². The van der Waals surface area contributed by atoms with Crippen molar-refractivity contribution in [3.63, 3.8) is 0 Å². The monoisotopic (exact) mass is 209 g/mol. The van der Waals surface area contributed by atoms with Crippen LogP contribution in [0, 0.1) is 5.82 Å². The standard InChI is InChI=1S/C6H2Cl2FNO2/c7-5-3(9)1-4(12-2-11)6(8)10-5/h1-2H. The van der Waals surface area contributed by atoms with E-state index in [0.29, 0.717) is 0 Å². The van der Waals surface area contributed by atoms with Gasteiger partial charge in [-0.15, -0.1) is 0 Å². The van der Waals surface area contributed by atoms with Crippen LogP contribution in [0.25, 0.3) is 0 Å². The van der Waals surface area contributed by atoms with Crippen LogP contribution in [0.15, 0.2) is 6.07 Å². The molecule has 3 nitrogen and oxygen atoms in total. The minimum atomic E-state index is -0.794. The average Bonchev–Trinajstić information content (AvgIpc) is 2.01. The van der Waals surface area contributed by atoms with Crippen molar-refractivity contribution >= 4 is 29.7 Å². The summed E-state index contributed by atoms with van der Waals surface area (Å²) in [4.78, 5) is 13.2. The van der Waals surface area contributed by atoms with Gasteiger partial charge in [0.1, 0.15) is 0 Å². The molecule has 0 aromatic carbocycles. The fourth-order valence-corrected chi connectivity index (χ4v) is 0.929. The molecule has 0 atom stereocenters. The number of carbonyl (C=O) groups is 1. The summed E-state index contributed by atoms with van der Waals surface area (Å²) in [5.41, 5.74) is 0. The minimum absolute atomic E-state index is 0.121. The summed E-state index contributed by atoms with van der Waals surface area (Å²) >= 11 is 10.7. The Kier molecular flexibility index (Phi) is 2.83. The highest BCUT2D eigenvalue weighted by molar-refractivity contribution is 6.33. The summed E-state index contributed by atoms with van der Waals surface area (Å²) in [7, 11) is 0. The lowest BCUT2D eigenvalue weighted by molar-refractivity contribution is -0.120. The molecule has 1 heterocycles. The maximum Gasteiger partial charge on any atom is 0.298 e. The predicted molar refractivity (Wildman–Crippen MR) is 40.9 cm³/mol. The van der Waals surface area contributed by atoms with Crippen molar-refractivity contribution in [2.45, 2.75) is 0 Å². The number of aromatic nitrogens is 1. The number of carbonyl (C=O) groups excluding carboxylic acids is 1. The SMILES string of the molecule is O=COc1cc(F)c(Cl)nc1Cl. The molecule has 0 saturated heterocycles. The van der Waals surface area contributed by atoms with Crippen LogP contribution in [-0.2, 0) is 4.79 Å². The molecule has 0 aliphatic rings. The number of halogens is 3. The Labute approximate surface area is 77.1 Å². The maximum atomic E-state index is 12.6. The average molecular weight is 210 g/mol. The molecule has 0 fully saturated rings. The third kappa shape index (κ3) is 1.84. The van der Waals surface area contributed by atoms with Crippen LogP contribution in [-0.4, -0.2) is 11.5 Å². The van der Waals surface area contributed by atoms with E-state index in [2.05, 4.69) is 9.72 Å². The molecule has 0 radical (unpaired) electrons. The Morgan fingerprint density at radius 2 is 2.17 bits per heavy atom. The van der Waals surface area contributed by atoms with Crippen molar-refractivity contribution in [3.8, 4) is 5.75 Å². The van der Waals surface area contributed by atoms with E-state index in [1.807, 2.05) is 0 Å². The first-order chi connectivity index (χ1) is 5.65. The third-order valence-electron chi connectivity index (χ3n) is 1.03. The van der Waals surface area contributed by atoms with E-state index in [0.717, 1.165) is 6.07 Å². The van der Waals surface area contributed by atoms with Crippen LogP contribution in [0.4, 0.5) is 4.39 Å². The Hall–Kier alpha value is -0.870. The molecule has 64 valence electrons. The normalized spacial score (nSPS) is 9.58. The number of pyridine rings is 1. The first kappa shape index (κ1) is 9.22.